The number of furan rings is 1. The van der Waals surface area contributed by atoms with E-state index >= 15 is 0 Å². The van der Waals surface area contributed by atoms with E-state index in [-0.39, 0.29) is 46.9 Å². The first-order valence-electron chi connectivity index (χ1n) is 20.7. The number of methoxy groups -OCH3 is 3. The standard InChI is InChI=1S/C48H55ClF3NO8/c1-30-8-6-20-46(2)38(19-21-47(46,57)29-53(22-7-23-58-3)44(55)27-32-11-16-41(59-4)43(26-32)60-5)35-14-10-31(24-34(54)13-9-30)25-36(35)45(56)42-18-17-40(61-42)37-28-33(48(50,51)52)12-15-39(37)49/h8,10-12,14-18,25-26,28,34,38,54,57H,6-7,9,13,19-24,27,29H2,1-5H3. The summed E-state index contributed by atoms with van der Waals surface area (Å²) < 4.78 is 63.2. The number of aliphatic hydroxyl groups excluding tert-OH is 1. The van der Waals surface area contributed by atoms with Crippen molar-refractivity contribution < 1.29 is 51.6 Å². The van der Waals surface area contributed by atoms with Gasteiger partial charge < -0.3 is 33.7 Å². The Labute approximate surface area is 360 Å². The van der Waals surface area contributed by atoms with Crippen LogP contribution in [0.5, 0.6) is 11.5 Å². The van der Waals surface area contributed by atoms with Gasteiger partial charge in [0.05, 0.1) is 42.9 Å². The predicted octanol–water partition coefficient (Wildman–Crippen LogP) is 10.0. The minimum atomic E-state index is -4.62. The highest BCUT2D eigenvalue weighted by Crippen LogP contribution is 2.59. The van der Waals surface area contributed by atoms with E-state index in [1.165, 1.54) is 19.2 Å². The lowest BCUT2D eigenvalue weighted by Gasteiger charge is -2.46. The van der Waals surface area contributed by atoms with Crippen LogP contribution in [0.15, 0.2) is 82.8 Å². The first-order valence-corrected chi connectivity index (χ1v) is 21.1. The van der Waals surface area contributed by atoms with Crippen molar-refractivity contribution >= 4 is 23.3 Å². The van der Waals surface area contributed by atoms with Crippen molar-refractivity contribution in [1.82, 2.24) is 4.90 Å². The molecule has 61 heavy (non-hydrogen) atoms. The molecule has 4 atom stereocenters. The van der Waals surface area contributed by atoms with E-state index in [1.54, 1.807) is 37.3 Å². The summed E-state index contributed by atoms with van der Waals surface area (Å²) in [6.45, 7) is 4.89. The van der Waals surface area contributed by atoms with Gasteiger partial charge in [-0.05, 0) is 129 Å². The molecule has 1 saturated carbocycles. The maximum atomic E-state index is 14.7. The molecule has 1 aromatic heterocycles. The van der Waals surface area contributed by atoms with Crippen LogP contribution in [0.4, 0.5) is 13.2 Å². The average Bonchev–Trinajstić information content (AvgIpc) is 3.81. The molecule has 7 rings (SSSR count). The average molecular weight is 866 g/mol. The molecular formula is C48H55ClF3NO8. The number of amides is 1. The third-order valence-electron chi connectivity index (χ3n) is 12.7. The molecule has 0 radical (unpaired) electrons. The largest absolute Gasteiger partial charge is 0.493 e. The number of benzene rings is 3. The molecule has 1 amide bonds. The number of fused-ring (bicyclic) bond motifs is 8. The van der Waals surface area contributed by atoms with E-state index in [2.05, 4.69) is 6.08 Å². The zero-order valence-corrected chi connectivity index (χ0v) is 36.1. The van der Waals surface area contributed by atoms with Crippen molar-refractivity contribution in [3.05, 3.63) is 117 Å². The Balaban J connectivity index is 1.39. The molecule has 1 heterocycles. The lowest BCUT2D eigenvalue weighted by Crippen LogP contribution is -2.54. The van der Waals surface area contributed by atoms with Gasteiger partial charge in [0, 0.05) is 43.3 Å². The Morgan fingerprint density at radius 2 is 1.74 bits per heavy atom. The molecule has 0 aliphatic heterocycles. The summed E-state index contributed by atoms with van der Waals surface area (Å²) in [5.74, 6) is -0.0711. The fourth-order valence-corrected chi connectivity index (χ4v) is 9.32. The van der Waals surface area contributed by atoms with Gasteiger partial charge in [-0.15, -0.1) is 0 Å². The normalized spacial score (nSPS) is 22.0. The van der Waals surface area contributed by atoms with E-state index in [9.17, 15) is 33.0 Å². The van der Waals surface area contributed by atoms with Crippen LogP contribution in [-0.4, -0.2) is 79.5 Å². The summed E-state index contributed by atoms with van der Waals surface area (Å²) in [5.41, 5.74) is 0.422. The van der Waals surface area contributed by atoms with Crippen molar-refractivity contribution in [1.29, 1.82) is 0 Å². The van der Waals surface area contributed by atoms with Crippen molar-refractivity contribution in [3.63, 3.8) is 0 Å². The summed E-state index contributed by atoms with van der Waals surface area (Å²) in [5, 5.41) is 24.1. The second-order valence-electron chi connectivity index (χ2n) is 16.7. The number of allylic oxidation sites excluding steroid dienone is 2. The minimum Gasteiger partial charge on any atom is -0.493 e. The lowest BCUT2D eigenvalue weighted by molar-refractivity contribution is -0.140. The zero-order valence-electron chi connectivity index (χ0n) is 35.4. The quantitative estimate of drug-likeness (QED) is 0.0775. The SMILES string of the molecule is COCCCN(CC1(O)CCC2c3ccc(cc3C(=O)c3ccc(-c4cc(C(F)(F)F)ccc4Cl)o3)CC(O)CCC(C)=CCCC21C)C(=O)Cc1ccc(OC)c(OC)c1. The van der Waals surface area contributed by atoms with Crippen molar-refractivity contribution in [2.45, 2.75) is 95.4 Å². The highest BCUT2D eigenvalue weighted by atomic mass is 35.5. The van der Waals surface area contributed by atoms with E-state index in [1.807, 2.05) is 32.0 Å². The van der Waals surface area contributed by atoms with E-state index in [0.717, 1.165) is 34.9 Å². The van der Waals surface area contributed by atoms with E-state index < -0.39 is 34.6 Å². The fourth-order valence-electron chi connectivity index (χ4n) is 9.11. The van der Waals surface area contributed by atoms with Crippen LogP contribution >= 0.6 is 11.6 Å². The van der Waals surface area contributed by atoms with Gasteiger partial charge in [0.1, 0.15) is 5.76 Å². The molecule has 4 aromatic rings. The topological polar surface area (TPSA) is 119 Å². The second kappa shape index (κ2) is 19.2. The number of alkyl halides is 3. The Kier molecular flexibility index (Phi) is 14.4. The van der Waals surface area contributed by atoms with Gasteiger partial charge in [-0.1, -0.05) is 48.4 Å². The molecule has 3 aliphatic rings. The number of aliphatic hydroxyl groups is 2. The number of carbonyl (C=O) groups is 2. The van der Waals surface area contributed by atoms with Crippen LogP contribution in [0.3, 0.4) is 0 Å². The van der Waals surface area contributed by atoms with Crippen LogP contribution in [0.2, 0.25) is 5.02 Å². The maximum Gasteiger partial charge on any atom is 0.416 e. The number of rotatable bonds is 13. The monoisotopic (exact) mass is 865 g/mol. The molecule has 9 nitrogen and oxygen atoms in total. The number of hydrogen-bond donors (Lipinski definition) is 2. The number of nitrogens with zero attached hydrogens (tertiary/aromatic N) is 1. The van der Waals surface area contributed by atoms with Gasteiger partial charge >= 0.3 is 6.18 Å². The van der Waals surface area contributed by atoms with Gasteiger partial charge in [0.2, 0.25) is 11.7 Å². The molecule has 1 fully saturated rings. The van der Waals surface area contributed by atoms with Crippen LogP contribution in [0.1, 0.15) is 103 Å². The summed E-state index contributed by atoms with van der Waals surface area (Å²) in [7, 11) is 4.68. The molecule has 13 heteroatoms. The van der Waals surface area contributed by atoms with Gasteiger partial charge in [0.15, 0.2) is 17.3 Å². The van der Waals surface area contributed by atoms with Gasteiger partial charge in [-0.2, -0.15) is 13.2 Å². The highest BCUT2D eigenvalue weighted by molar-refractivity contribution is 6.33. The Hall–Kier alpha value is -4.62. The highest BCUT2D eigenvalue weighted by Gasteiger charge is 2.57. The molecule has 3 aromatic carbocycles. The number of halogens is 4. The molecular weight excluding hydrogens is 811 g/mol. The fraction of sp³-hybridized carbons (Fsp3) is 0.458. The first kappa shape index (κ1) is 45.9. The number of ketones is 1. The Morgan fingerprint density at radius 3 is 2.46 bits per heavy atom. The Morgan fingerprint density at radius 1 is 0.967 bits per heavy atom. The summed E-state index contributed by atoms with van der Waals surface area (Å²) in [6.07, 6.45) is 0.926. The third-order valence-corrected chi connectivity index (χ3v) is 13.0. The van der Waals surface area contributed by atoms with E-state index in [4.69, 9.17) is 30.2 Å². The lowest BCUT2D eigenvalue weighted by atomic mass is 9.64. The summed E-state index contributed by atoms with van der Waals surface area (Å²) in [4.78, 5) is 30.6. The maximum absolute atomic E-state index is 14.7. The first-order chi connectivity index (χ1) is 29.0. The number of carbonyl (C=O) groups excluding carboxylic acids is 2. The van der Waals surface area contributed by atoms with Crippen molar-refractivity contribution in [2.75, 3.05) is 41.0 Å². The molecule has 4 unspecified atom stereocenters. The van der Waals surface area contributed by atoms with Crippen LogP contribution in [0, 0.1) is 5.41 Å². The smallest absolute Gasteiger partial charge is 0.416 e. The second-order valence-corrected chi connectivity index (χ2v) is 17.1. The van der Waals surface area contributed by atoms with E-state index in [0.29, 0.717) is 87.1 Å². The number of ether oxygens (including phenoxy) is 3. The molecule has 0 spiro atoms. The molecule has 2 N–H and O–H groups in total. The van der Waals surface area contributed by atoms with Crippen molar-refractivity contribution in [3.8, 4) is 22.8 Å². The Bertz CT molecular complexity index is 2240. The third kappa shape index (κ3) is 10.2. The van der Waals surface area contributed by atoms with Crippen LogP contribution < -0.4 is 9.47 Å². The van der Waals surface area contributed by atoms with Crippen LogP contribution in [0.25, 0.3) is 11.3 Å². The molecule has 328 valence electrons. The number of hydrogen-bond acceptors (Lipinski definition) is 8. The van der Waals surface area contributed by atoms with Gasteiger partial charge in [-0.25, -0.2) is 0 Å². The van der Waals surface area contributed by atoms with Gasteiger partial charge in [0.25, 0.3) is 0 Å². The minimum absolute atomic E-state index is 0.00303. The zero-order chi connectivity index (χ0) is 44.1. The van der Waals surface area contributed by atoms with Gasteiger partial charge in [-0.3, -0.25) is 9.59 Å². The molecule has 0 saturated heterocycles. The molecule has 3 aliphatic carbocycles. The summed E-state index contributed by atoms with van der Waals surface area (Å²) in [6, 6.07) is 16.7. The molecule has 2 bridgehead atoms. The van der Waals surface area contributed by atoms with Crippen molar-refractivity contribution in [2.24, 2.45) is 5.41 Å². The predicted molar refractivity (Wildman–Crippen MR) is 227 cm³/mol. The van der Waals surface area contributed by atoms with Crippen LogP contribution in [-0.2, 0) is 28.5 Å². The summed E-state index contributed by atoms with van der Waals surface area (Å²) >= 11 is 6.35.